The van der Waals surface area contributed by atoms with E-state index < -0.39 is 0 Å². The van der Waals surface area contributed by atoms with Crippen LogP contribution in [0.15, 0.2) is 0 Å². The van der Waals surface area contributed by atoms with Crippen molar-refractivity contribution in [3.63, 3.8) is 0 Å². The molecular formula is C6H12BN. The van der Waals surface area contributed by atoms with E-state index in [1.807, 2.05) is 0 Å². The fraction of sp³-hybridized carbons (Fsp3) is 1.00. The summed E-state index contributed by atoms with van der Waals surface area (Å²) in [6.45, 7) is 3.65. The van der Waals surface area contributed by atoms with Crippen molar-refractivity contribution in [2.75, 3.05) is 19.6 Å². The Hall–Kier alpha value is 0.0249. The summed E-state index contributed by atoms with van der Waals surface area (Å²) in [5.74, 6) is 0. The van der Waals surface area contributed by atoms with E-state index in [1.54, 1.807) is 0 Å². The Labute approximate surface area is 52.5 Å². The molecule has 0 aliphatic carbocycles. The van der Waals surface area contributed by atoms with Gasteiger partial charge in [-0.1, -0.05) is 6.32 Å². The number of rotatable bonds is 2. The summed E-state index contributed by atoms with van der Waals surface area (Å²) in [6.07, 6.45) is 3.57. The minimum Gasteiger partial charge on any atom is -0.304 e. The first kappa shape index (κ1) is 6.15. The van der Waals surface area contributed by atoms with Gasteiger partial charge in [-0.3, -0.25) is 0 Å². The van der Waals surface area contributed by atoms with Gasteiger partial charge in [0.05, 0.1) is 7.85 Å². The second-order valence-corrected chi connectivity index (χ2v) is 2.34. The van der Waals surface area contributed by atoms with Gasteiger partial charge in [-0.2, -0.15) is 0 Å². The lowest BCUT2D eigenvalue weighted by molar-refractivity contribution is 0.359. The summed E-state index contributed by atoms with van der Waals surface area (Å²) in [5.41, 5.74) is 0. The predicted molar refractivity (Wildman–Crippen MR) is 36.2 cm³/mol. The standard InChI is InChI=1S/C6H12BN/c7-3-6-8-4-1-2-5-8/h1-6H2. The fourth-order valence-electron chi connectivity index (χ4n) is 1.19. The highest BCUT2D eigenvalue weighted by atomic mass is 15.1. The zero-order valence-corrected chi connectivity index (χ0v) is 5.27. The SMILES string of the molecule is [B]CCN1CCCC1. The van der Waals surface area contributed by atoms with Crippen LogP contribution >= 0.6 is 0 Å². The molecule has 1 heterocycles. The molecule has 0 unspecified atom stereocenters. The number of likely N-dealkylation sites (tertiary alicyclic amines) is 1. The molecule has 1 aliphatic rings. The minimum atomic E-state index is 0.819. The van der Waals surface area contributed by atoms with Gasteiger partial charge in [0.15, 0.2) is 0 Å². The van der Waals surface area contributed by atoms with Crippen LogP contribution < -0.4 is 0 Å². The molecule has 1 aliphatic heterocycles. The molecule has 1 rings (SSSR count). The highest BCUT2D eigenvalue weighted by Gasteiger charge is 2.08. The van der Waals surface area contributed by atoms with Crippen LogP contribution in [0.25, 0.3) is 0 Å². The molecule has 8 heavy (non-hydrogen) atoms. The second-order valence-electron chi connectivity index (χ2n) is 2.34. The third kappa shape index (κ3) is 1.51. The largest absolute Gasteiger partial charge is 0.304 e. The number of hydrogen-bond donors (Lipinski definition) is 0. The van der Waals surface area contributed by atoms with Gasteiger partial charge >= 0.3 is 0 Å². The summed E-state index contributed by atoms with van der Waals surface area (Å²) >= 11 is 0. The summed E-state index contributed by atoms with van der Waals surface area (Å²) in [5, 5.41) is 0. The van der Waals surface area contributed by atoms with Crippen LogP contribution in [0, 0.1) is 0 Å². The van der Waals surface area contributed by atoms with Crippen molar-refractivity contribution in [3.8, 4) is 0 Å². The van der Waals surface area contributed by atoms with Gasteiger partial charge in [-0.25, -0.2) is 0 Å². The number of nitrogens with zero attached hydrogens (tertiary/aromatic N) is 1. The molecule has 2 heteroatoms. The van der Waals surface area contributed by atoms with Crippen molar-refractivity contribution in [2.24, 2.45) is 0 Å². The van der Waals surface area contributed by atoms with E-state index in [9.17, 15) is 0 Å². The molecule has 0 atom stereocenters. The van der Waals surface area contributed by atoms with Crippen LogP contribution in [0.5, 0.6) is 0 Å². The summed E-state index contributed by atoms with van der Waals surface area (Å²) in [7, 11) is 5.37. The maximum atomic E-state index is 5.37. The average Bonchev–Trinajstić information content (AvgIpc) is 2.19. The third-order valence-electron chi connectivity index (χ3n) is 1.64. The molecule has 44 valence electrons. The van der Waals surface area contributed by atoms with Crippen molar-refractivity contribution in [1.82, 2.24) is 4.90 Å². The third-order valence-corrected chi connectivity index (χ3v) is 1.64. The average molecular weight is 109 g/mol. The molecule has 0 aromatic heterocycles. The molecule has 1 fully saturated rings. The quantitative estimate of drug-likeness (QED) is 0.471. The van der Waals surface area contributed by atoms with E-state index in [2.05, 4.69) is 4.90 Å². The Morgan fingerprint density at radius 1 is 1.25 bits per heavy atom. The van der Waals surface area contributed by atoms with Gasteiger partial charge in [0.2, 0.25) is 0 Å². The van der Waals surface area contributed by atoms with Gasteiger partial charge in [0.25, 0.3) is 0 Å². The van der Waals surface area contributed by atoms with Crippen LogP contribution in [0.2, 0.25) is 6.32 Å². The second kappa shape index (κ2) is 3.13. The Kier molecular flexibility index (Phi) is 2.41. The van der Waals surface area contributed by atoms with Gasteiger partial charge in [-0.05, 0) is 32.5 Å². The molecular weight excluding hydrogens is 96.9 g/mol. The molecule has 0 aromatic rings. The van der Waals surface area contributed by atoms with Crippen LogP contribution in [0.1, 0.15) is 12.8 Å². The van der Waals surface area contributed by atoms with Crippen LogP contribution in [-0.2, 0) is 0 Å². The smallest absolute Gasteiger partial charge is 0.0670 e. The maximum absolute atomic E-state index is 5.37. The summed E-state index contributed by atoms with van der Waals surface area (Å²) in [4.78, 5) is 2.42. The normalized spacial score (nSPS) is 22.0. The zero-order chi connectivity index (χ0) is 5.82. The first-order valence-corrected chi connectivity index (χ1v) is 3.36. The van der Waals surface area contributed by atoms with E-state index in [1.165, 1.54) is 25.9 Å². The highest BCUT2D eigenvalue weighted by molar-refractivity contribution is 6.08. The molecule has 0 amide bonds. The van der Waals surface area contributed by atoms with E-state index >= 15 is 0 Å². The molecule has 2 radical (unpaired) electrons. The lowest BCUT2D eigenvalue weighted by Gasteiger charge is -2.11. The van der Waals surface area contributed by atoms with Gasteiger partial charge in [-0.15, -0.1) is 0 Å². The Morgan fingerprint density at radius 3 is 2.38 bits per heavy atom. The van der Waals surface area contributed by atoms with Crippen molar-refractivity contribution in [2.45, 2.75) is 19.2 Å². The monoisotopic (exact) mass is 109 g/mol. The fourth-order valence-corrected chi connectivity index (χ4v) is 1.19. The van der Waals surface area contributed by atoms with Gasteiger partial charge < -0.3 is 4.90 Å². The Morgan fingerprint density at radius 2 is 1.88 bits per heavy atom. The van der Waals surface area contributed by atoms with Crippen LogP contribution in [0.3, 0.4) is 0 Å². The zero-order valence-electron chi connectivity index (χ0n) is 5.27. The summed E-state index contributed by atoms with van der Waals surface area (Å²) < 4.78 is 0. The summed E-state index contributed by atoms with van der Waals surface area (Å²) in [6, 6.07) is 0. The molecule has 0 bridgehead atoms. The van der Waals surface area contributed by atoms with E-state index in [0.717, 1.165) is 12.9 Å². The lowest BCUT2D eigenvalue weighted by Crippen LogP contribution is -2.19. The number of hydrogen-bond acceptors (Lipinski definition) is 1. The Balaban J connectivity index is 2.06. The molecule has 0 N–H and O–H groups in total. The van der Waals surface area contributed by atoms with Crippen LogP contribution in [-0.4, -0.2) is 32.4 Å². The highest BCUT2D eigenvalue weighted by Crippen LogP contribution is 2.06. The first-order chi connectivity index (χ1) is 3.93. The molecule has 0 spiro atoms. The van der Waals surface area contributed by atoms with Gasteiger partial charge in [0.1, 0.15) is 0 Å². The van der Waals surface area contributed by atoms with Crippen molar-refractivity contribution >= 4 is 7.85 Å². The van der Waals surface area contributed by atoms with E-state index in [-0.39, 0.29) is 0 Å². The lowest BCUT2D eigenvalue weighted by atomic mass is 10.1. The predicted octanol–water partition coefficient (Wildman–Crippen LogP) is 0.669. The van der Waals surface area contributed by atoms with Crippen molar-refractivity contribution < 1.29 is 0 Å². The molecule has 1 saturated heterocycles. The molecule has 0 saturated carbocycles. The van der Waals surface area contributed by atoms with E-state index in [4.69, 9.17) is 7.85 Å². The first-order valence-electron chi connectivity index (χ1n) is 3.36. The van der Waals surface area contributed by atoms with Crippen LogP contribution in [0.4, 0.5) is 0 Å². The van der Waals surface area contributed by atoms with E-state index in [0.29, 0.717) is 0 Å². The molecule has 0 aromatic carbocycles. The Bertz CT molecular complexity index is 59.5. The maximum Gasteiger partial charge on any atom is 0.0670 e. The van der Waals surface area contributed by atoms with Crippen molar-refractivity contribution in [3.05, 3.63) is 0 Å². The molecule has 1 nitrogen and oxygen atoms in total. The van der Waals surface area contributed by atoms with Crippen molar-refractivity contribution in [1.29, 1.82) is 0 Å². The minimum absolute atomic E-state index is 0.819. The van der Waals surface area contributed by atoms with Gasteiger partial charge in [0, 0.05) is 0 Å². The topological polar surface area (TPSA) is 3.24 Å².